The largest absolute Gasteiger partial charge is 0.497 e. The predicted octanol–water partition coefficient (Wildman–Crippen LogP) is 2.79. The summed E-state index contributed by atoms with van der Waals surface area (Å²) in [5.74, 6) is 0.637. The average molecular weight is 294 g/mol. The third-order valence-electron chi connectivity index (χ3n) is 2.62. The number of oxime groups is 1. The first kappa shape index (κ1) is 16.8. The van der Waals surface area contributed by atoms with E-state index in [-0.39, 0.29) is 0 Å². The molecule has 1 rings (SSSR count). The molecule has 0 radical (unpaired) electrons. The van der Waals surface area contributed by atoms with Gasteiger partial charge in [-0.3, -0.25) is 0 Å². The number of methoxy groups -OCH3 is 1. The summed E-state index contributed by atoms with van der Waals surface area (Å²) in [6.45, 7) is 7.04. The molecule has 0 aliphatic carbocycles. The molecule has 0 heterocycles. The van der Waals surface area contributed by atoms with Gasteiger partial charge < -0.3 is 20.0 Å². The van der Waals surface area contributed by atoms with E-state index in [0.29, 0.717) is 17.0 Å². The Hall–Kier alpha value is -2.24. The van der Waals surface area contributed by atoms with Crippen molar-refractivity contribution in [2.24, 2.45) is 5.16 Å². The van der Waals surface area contributed by atoms with E-state index in [1.165, 1.54) is 0 Å². The molecule has 6 nitrogen and oxygen atoms in total. The highest BCUT2D eigenvalue weighted by atomic mass is 16.6. The van der Waals surface area contributed by atoms with Crippen molar-refractivity contribution in [1.29, 1.82) is 0 Å². The Bertz CT molecular complexity index is 521. The third kappa shape index (κ3) is 5.33. The van der Waals surface area contributed by atoms with Gasteiger partial charge in [0, 0.05) is 5.56 Å². The summed E-state index contributed by atoms with van der Waals surface area (Å²) in [5, 5.41) is 15.1. The molecule has 0 saturated heterocycles. The van der Waals surface area contributed by atoms with Gasteiger partial charge in [0.25, 0.3) is 0 Å². The second kappa shape index (κ2) is 6.97. The fourth-order valence-electron chi connectivity index (χ4n) is 1.73. The first-order chi connectivity index (χ1) is 9.76. The number of carbonyl (C=O) groups excluding carboxylic acids is 1. The molecular formula is C15H22N2O4. The lowest BCUT2D eigenvalue weighted by Crippen LogP contribution is -2.42. The molecule has 1 aromatic rings. The zero-order valence-corrected chi connectivity index (χ0v) is 13.0. The van der Waals surface area contributed by atoms with Crippen LogP contribution in [-0.2, 0) is 4.74 Å². The van der Waals surface area contributed by atoms with Crippen molar-refractivity contribution in [2.75, 3.05) is 7.11 Å². The molecule has 0 spiro atoms. The number of hydrogen-bond acceptors (Lipinski definition) is 5. The Kier molecular flexibility index (Phi) is 5.58. The fourth-order valence-corrected chi connectivity index (χ4v) is 1.73. The van der Waals surface area contributed by atoms with Crippen LogP contribution in [-0.4, -0.2) is 35.8 Å². The van der Waals surface area contributed by atoms with Gasteiger partial charge in [0.15, 0.2) is 0 Å². The Balaban J connectivity index is 2.83. The smallest absolute Gasteiger partial charge is 0.408 e. The zero-order valence-electron chi connectivity index (χ0n) is 13.0. The lowest BCUT2D eigenvalue weighted by molar-refractivity contribution is 0.0521. The van der Waals surface area contributed by atoms with Crippen molar-refractivity contribution in [2.45, 2.75) is 39.3 Å². The number of rotatable bonds is 4. The van der Waals surface area contributed by atoms with Crippen LogP contribution in [0, 0.1) is 0 Å². The van der Waals surface area contributed by atoms with Gasteiger partial charge in [0.05, 0.1) is 13.2 Å². The molecule has 1 aromatic carbocycles. The van der Waals surface area contributed by atoms with Gasteiger partial charge in [-0.2, -0.15) is 0 Å². The minimum absolute atomic E-state index is 0.319. The van der Waals surface area contributed by atoms with Gasteiger partial charge in [-0.05, 0) is 39.8 Å². The standard InChI is InChI=1S/C15H22N2O4/c1-10(16-14(18)21-15(2,3)4)13(17-19)11-7-6-8-12(9-11)20-5/h6-10,19H,1-5H3,(H,16,18)/b17-13-/t10-/m1/s1. The second-order valence-corrected chi connectivity index (χ2v) is 5.59. The van der Waals surface area contributed by atoms with E-state index in [1.807, 2.05) is 0 Å². The van der Waals surface area contributed by atoms with E-state index in [1.54, 1.807) is 59.1 Å². The maximum Gasteiger partial charge on any atom is 0.408 e. The summed E-state index contributed by atoms with van der Waals surface area (Å²) in [5.41, 5.74) is 0.385. The SMILES string of the molecule is COc1cccc(/C(=N\O)[C@@H](C)NC(=O)OC(C)(C)C)c1. The van der Waals surface area contributed by atoms with Crippen LogP contribution >= 0.6 is 0 Å². The van der Waals surface area contributed by atoms with E-state index in [0.717, 1.165) is 0 Å². The van der Waals surface area contributed by atoms with Crippen molar-refractivity contribution in [3.63, 3.8) is 0 Å². The summed E-state index contributed by atoms with van der Waals surface area (Å²) < 4.78 is 10.3. The molecule has 0 aliphatic heterocycles. The number of alkyl carbamates (subject to hydrolysis) is 1. The van der Waals surface area contributed by atoms with Crippen molar-refractivity contribution in [3.8, 4) is 5.75 Å². The van der Waals surface area contributed by atoms with Crippen LogP contribution in [0.4, 0.5) is 4.79 Å². The second-order valence-electron chi connectivity index (χ2n) is 5.59. The maximum atomic E-state index is 11.7. The molecule has 0 aliphatic rings. The van der Waals surface area contributed by atoms with Crippen LogP contribution in [0.15, 0.2) is 29.4 Å². The van der Waals surface area contributed by atoms with E-state index in [4.69, 9.17) is 9.47 Å². The van der Waals surface area contributed by atoms with Crippen LogP contribution < -0.4 is 10.1 Å². The van der Waals surface area contributed by atoms with Crippen molar-refractivity contribution in [1.82, 2.24) is 5.32 Å². The fraction of sp³-hybridized carbons (Fsp3) is 0.467. The van der Waals surface area contributed by atoms with Crippen molar-refractivity contribution in [3.05, 3.63) is 29.8 Å². The highest BCUT2D eigenvalue weighted by Crippen LogP contribution is 2.15. The van der Waals surface area contributed by atoms with Crippen LogP contribution in [0.5, 0.6) is 5.75 Å². The molecule has 1 atom stereocenters. The van der Waals surface area contributed by atoms with Crippen LogP contribution in [0.2, 0.25) is 0 Å². The molecular weight excluding hydrogens is 272 g/mol. The predicted molar refractivity (Wildman–Crippen MR) is 80.1 cm³/mol. The first-order valence-corrected chi connectivity index (χ1v) is 6.62. The van der Waals surface area contributed by atoms with Gasteiger partial charge in [0.1, 0.15) is 17.1 Å². The summed E-state index contributed by atoms with van der Waals surface area (Å²) in [7, 11) is 1.55. The molecule has 0 aromatic heterocycles. The maximum absolute atomic E-state index is 11.7. The number of benzene rings is 1. The molecule has 21 heavy (non-hydrogen) atoms. The van der Waals surface area contributed by atoms with E-state index in [9.17, 15) is 10.0 Å². The molecule has 1 amide bonds. The van der Waals surface area contributed by atoms with Crippen molar-refractivity contribution < 1.29 is 19.5 Å². The van der Waals surface area contributed by atoms with E-state index < -0.39 is 17.7 Å². The number of nitrogens with one attached hydrogen (secondary N) is 1. The minimum atomic E-state index is -0.587. The Morgan fingerprint density at radius 1 is 1.38 bits per heavy atom. The van der Waals surface area contributed by atoms with E-state index in [2.05, 4.69) is 10.5 Å². The summed E-state index contributed by atoms with van der Waals surface area (Å²) in [4.78, 5) is 11.7. The summed E-state index contributed by atoms with van der Waals surface area (Å²) >= 11 is 0. The van der Waals surface area contributed by atoms with Gasteiger partial charge in [-0.1, -0.05) is 17.3 Å². The summed E-state index contributed by atoms with van der Waals surface area (Å²) in [6, 6.07) is 6.54. The quantitative estimate of drug-likeness (QED) is 0.508. The van der Waals surface area contributed by atoms with Gasteiger partial charge in [-0.25, -0.2) is 4.79 Å². The van der Waals surface area contributed by atoms with Gasteiger partial charge in [-0.15, -0.1) is 0 Å². The van der Waals surface area contributed by atoms with Crippen molar-refractivity contribution >= 4 is 11.8 Å². The highest BCUT2D eigenvalue weighted by molar-refractivity contribution is 6.05. The van der Waals surface area contributed by atoms with Gasteiger partial charge in [0.2, 0.25) is 0 Å². The molecule has 2 N–H and O–H groups in total. The first-order valence-electron chi connectivity index (χ1n) is 6.62. The number of nitrogens with zero attached hydrogens (tertiary/aromatic N) is 1. The Morgan fingerprint density at radius 3 is 2.57 bits per heavy atom. The van der Waals surface area contributed by atoms with E-state index >= 15 is 0 Å². The minimum Gasteiger partial charge on any atom is -0.497 e. The zero-order chi connectivity index (χ0) is 16.0. The average Bonchev–Trinajstić information content (AvgIpc) is 2.37. The lowest BCUT2D eigenvalue weighted by Gasteiger charge is -2.22. The van der Waals surface area contributed by atoms with Crippen LogP contribution in [0.25, 0.3) is 0 Å². The number of amides is 1. The molecule has 0 saturated carbocycles. The molecule has 0 fully saturated rings. The number of carbonyl (C=O) groups is 1. The normalized spacial score (nSPS) is 13.5. The topological polar surface area (TPSA) is 80.2 Å². The molecule has 6 heteroatoms. The van der Waals surface area contributed by atoms with Crippen LogP contribution in [0.1, 0.15) is 33.3 Å². The van der Waals surface area contributed by atoms with Gasteiger partial charge >= 0.3 is 6.09 Å². The molecule has 0 unspecified atom stereocenters. The third-order valence-corrected chi connectivity index (χ3v) is 2.62. The number of hydrogen-bond donors (Lipinski definition) is 2. The monoisotopic (exact) mass is 294 g/mol. The Labute approximate surface area is 124 Å². The molecule has 116 valence electrons. The summed E-state index contributed by atoms with van der Waals surface area (Å²) in [6.07, 6.45) is -0.570. The lowest BCUT2D eigenvalue weighted by atomic mass is 10.0. The molecule has 0 bridgehead atoms. The Morgan fingerprint density at radius 2 is 2.05 bits per heavy atom. The highest BCUT2D eigenvalue weighted by Gasteiger charge is 2.21. The number of ether oxygens (including phenoxy) is 2. The van der Waals surface area contributed by atoms with Crippen LogP contribution in [0.3, 0.4) is 0 Å².